The maximum Gasteiger partial charge on any atom is 0.353 e. The summed E-state index contributed by atoms with van der Waals surface area (Å²) in [6, 6.07) is 0. The molecule has 2 aliphatic heterocycles. The van der Waals surface area contributed by atoms with Crippen molar-refractivity contribution in [3.8, 4) is 0 Å². The van der Waals surface area contributed by atoms with Crippen LogP contribution in [0.5, 0.6) is 0 Å². The minimum atomic E-state index is -1.46. The zero-order valence-electron chi connectivity index (χ0n) is 11.0. The van der Waals surface area contributed by atoms with E-state index in [2.05, 4.69) is 5.16 Å². The van der Waals surface area contributed by atoms with Crippen LogP contribution in [0.1, 0.15) is 6.92 Å². The maximum absolute atomic E-state index is 12.0. The van der Waals surface area contributed by atoms with E-state index in [1.807, 2.05) is 0 Å². The van der Waals surface area contributed by atoms with Gasteiger partial charge in [0.05, 0.1) is 6.21 Å². The third-order valence-electron chi connectivity index (χ3n) is 3.05. The molecule has 0 radical (unpaired) electrons. The number of carbonyl (C=O) groups excluding carboxylic acids is 1. The Morgan fingerprint density at radius 2 is 2.45 bits per heavy atom. The third kappa shape index (κ3) is 2.07. The van der Waals surface area contributed by atoms with Crippen molar-refractivity contribution >= 4 is 29.9 Å². The number of carboxylic acid groups (broad SMARTS) is 1. The SMILES string of the molecule is CCON=CC1=C(C(=O)O)N2C(=O)[C@](N)(OC)[C@H]2SC1. The average Bonchev–Trinajstić information content (AvgIpc) is 2.45. The molecule has 2 atom stereocenters. The Balaban J connectivity index is 2.33. The van der Waals surface area contributed by atoms with Crippen molar-refractivity contribution in [3.05, 3.63) is 11.3 Å². The van der Waals surface area contributed by atoms with Gasteiger partial charge in [0.2, 0.25) is 5.72 Å². The Morgan fingerprint density at radius 1 is 1.75 bits per heavy atom. The van der Waals surface area contributed by atoms with Crippen LogP contribution in [0.15, 0.2) is 16.4 Å². The van der Waals surface area contributed by atoms with E-state index >= 15 is 0 Å². The Morgan fingerprint density at radius 3 is 3.00 bits per heavy atom. The van der Waals surface area contributed by atoms with Crippen molar-refractivity contribution < 1.29 is 24.3 Å². The first-order chi connectivity index (χ1) is 9.47. The Labute approximate surface area is 119 Å². The average molecular weight is 301 g/mol. The van der Waals surface area contributed by atoms with Crippen LogP contribution in [0.4, 0.5) is 0 Å². The van der Waals surface area contributed by atoms with Gasteiger partial charge >= 0.3 is 5.97 Å². The molecule has 110 valence electrons. The van der Waals surface area contributed by atoms with Gasteiger partial charge in [-0.25, -0.2) is 4.79 Å². The molecule has 1 amide bonds. The number of hydrogen-bond acceptors (Lipinski definition) is 7. The normalized spacial score (nSPS) is 29.4. The van der Waals surface area contributed by atoms with Crippen molar-refractivity contribution in [2.45, 2.75) is 18.0 Å². The summed E-state index contributed by atoms with van der Waals surface area (Å²) in [6.45, 7) is 2.13. The molecule has 0 spiro atoms. The number of methoxy groups -OCH3 is 1. The van der Waals surface area contributed by atoms with Gasteiger partial charge in [-0.15, -0.1) is 11.8 Å². The summed E-state index contributed by atoms with van der Waals surface area (Å²) in [5.41, 5.74) is 4.63. The second kappa shape index (κ2) is 5.43. The van der Waals surface area contributed by atoms with Gasteiger partial charge in [-0.3, -0.25) is 15.4 Å². The number of β-lactam (4-membered cyclic amide) rings is 1. The fraction of sp³-hybridized carbons (Fsp3) is 0.545. The van der Waals surface area contributed by atoms with Crippen LogP contribution in [0, 0.1) is 0 Å². The number of rotatable bonds is 5. The number of amides is 1. The molecular weight excluding hydrogens is 286 g/mol. The minimum Gasteiger partial charge on any atom is -0.477 e. The van der Waals surface area contributed by atoms with E-state index in [4.69, 9.17) is 15.3 Å². The zero-order chi connectivity index (χ0) is 14.9. The highest BCUT2D eigenvalue weighted by molar-refractivity contribution is 8.00. The number of hydrogen-bond donors (Lipinski definition) is 2. The maximum atomic E-state index is 12.0. The van der Waals surface area contributed by atoms with Gasteiger partial charge in [0.1, 0.15) is 17.7 Å². The predicted molar refractivity (Wildman–Crippen MR) is 71.8 cm³/mol. The summed E-state index contributed by atoms with van der Waals surface area (Å²) in [4.78, 5) is 29.4. The molecule has 0 bridgehead atoms. The number of nitrogens with two attached hydrogens (primary N) is 1. The van der Waals surface area contributed by atoms with E-state index in [-0.39, 0.29) is 5.70 Å². The molecule has 0 aromatic rings. The summed E-state index contributed by atoms with van der Waals surface area (Å²) in [5, 5.41) is 12.4. The first kappa shape index (κ1) is 14.8. The van der Waals surface area contributed by atoms with Crippen molar-refractivity contribution in [2.24, 2.45) is 10.9 Å². The van der Waals surface area contributed by atoms with Gasteiger partial charge < -0.3 is 14.7 Å². The molecule has 1 fully saturated rings. The predicted octanol–water partition coefficient (Wildman–Crippen LogP) is -0.436. The number of fused-ring (bicyclic) bond motifs is 1. The Bertz CT molecular complexity index is 506. The summed E-state index contributed by atoms with van der Waals surface area (Å²) in [7, 11) is 1.33. The first-order valence-electron chi connectivity index (χ1n) is 5.88. The molecule has 1 saturated heterocycles. The summed E-state index contributed by atoms with van der Waals surface area (Å²) in [5.74, 6) is -1.42. The van der Waals surface area contributed by atoms with Crippen LogP contribution in [0.25, 0.3) is 0 Å². The van der Waals surface area contributed by atoms with E-state index in [9.17, 15) is 14.7 Å². The van der Waals surface area contributed by atoms with Gasteiger partial charge in [-0.2, -0.15) is 0 Å². The number of nitrogens with zero attached hydrogens (tertiary/aromatic N) is 2. The van der Waals surface area contributed by atoms with Crippen LogP contribution in [-0.4, -0.2) is 58.7 Å². The molecule has 0 saturated carbocycles. The van der Waals surface area contributed by atoms with E-state index in [1.165, 1.54) is 25.1 Å². The second-order valence-corrected chi connectivity index (χ2v) is 5.24. The van der Waals surface area contributed by atoms with Crippen molar-refractivity contribution in [2.75, 3.05) is 19.5 Å². The van der Waals surface area contributed by atoms with Gasteiger partial charge in [0, 0.05) is 18.4 Å². The molecule has 0 aliphatic carbocycles. The molecule has 9 heteroatoms. The van der Waals surface area contributed by atoms with E-state index in [1.54, 1.807) is 6.92 Å². The van der Waals surface area contributed by atoms with Crippen LogP contribution in [-0.2, 0) is 19.2 Å². The molecule has 2 heterocycles. The number of aliphatic carboxylic acids is 1. The second-order valence-electron chi connectivity index (χ2n) is 4.17. The van der Waals surface area contributed by atoms with Crippen LogP contribution >= 0.6 is 11.8 Å². The number of carbonyl (C=O) groups is 2. The number of ether oxygens (including phenoxy) is 1. The molecule has 2 rings (SSSR count). The molecule has 0 aromatic carbocycles. The van der Waals surface area contributed by atoms with E-state index < -0.39 is 23.0 Å². The molecule has 8 nitrogen and oxygen atoms in total. The van der Waals surface area contributed by atoms with Gasteiger partial charge in [0.25, 0.3) is 5.91 Å². The van der Waals surface area contributed by atoms with Crippen LogP contribution in [0.2, 0.25) is 0 Å². The summed E-state index contributed by atoms with van der Waals surface area (Å²) in [6.07, 6.45) is 1.31. The lowest BCUT2D eigenvalue weighted by Crippen LogP contribution is -2.78. The molecule has 0 unspecified atom stereocenters. The smallest absolute Gasteiger partial charge is 0.353 e. The van der Waals surface area contributed by atoms with Crippen molar-refractivity contribution in [1.82, 2.24) is 4.90 Å². The topological polar surface area (TPSA) is 114 Å². The lowest BCUT2D eigenvalue weighted by Gasteiger charge is -2.53. The largest absolute Gasteiger partial charge is 0.477 e. The van der Waals surface area contributed by atoms with Gasteiger partial charge in [-0.1, -0.05) is 5.16 Å². The fourth-order valence-corrected chi connectivity index (χ4v) is 3.38. The highest BCUT2D eigenvalue weighted by Gasteiger charge is 2.63. The molecule has 3 N–H and O–H groups in total. The number of thioether (sulfide) groups is 1. The van der Waals surface area contributed by atoms with Crippen LogP contribution < -0.4 is 5.73 Å². The van der Waals surface area contributed by atoms with Gasteiger partial charge in [-0.05, 0) is 6.92 Å². The highest BCUT2D eigenvalue weighted by Crippen LogP contribution is 2.44. The monoisotopic (exact) mass is 301 g/mol. The van der Waals surface area contributed by atoms with Crippen molar-refractivity contribution in [3.63, 3.8) is 0 Å². The highest BCUT2D eigenvalue weighted by atomic mass is 32.2. The molecule has 0 aromatic heterocycles. The lowest BCUT2D eigenvalue weighted by atomic mass is 10.00. The summed E-state index contributed by atoms with van der Waals surface area (Å²) < 4.78 is 5.01. The fourth-order valence-electron chi connectivity index (χ4n) is 2.04. The number of carboxylic acids is 1. The molecular formula is C11H15N3O5S. The minimum absolute atomic E-state index is 0.125. The Hall–Kier alpha value is -1.58. The Kier molecular flexibility index (Phi) is 4.02. The standard InChI is InChI=1S/C11H15N3O5S/c1-3-19-13-4-6-5-20-10-11(12,18-2)9(17)14(10)7(6)8(15)16/h4,10H,3,5,12H2,1-2H3,(H,15,16)/t10-,11+/m1/s1. The lowest BCUT2D eigenvalue weighted by molar-refractivity contribution is -0.182. The zero-order valence-corrected chi connectivity index (χ0v) is 11.8. The van der Waals surface area contributed by atoms with E-state index in [0.29, 0.717) is 17.9 Å². The first-order valence-corrected chi connectivity index (χ1v) is 6.93. The van der Waals surface area contributed by atoms with Gasteiger partial charge in [0.15, 0.2) is 0 Å². The third-order valence-corrected chi connectivity index (χ3v) is 4.40. The number of oxime groups is 1. The van der Waals surface area contributed by atoms with E-state index in [0.717, 1.165) is 4.90 Å². The quantitative estimate of drug-likeness (QED) is 0.306. The summed E-state index contributed by atoms with van der Waals surface area (Å²) >= 11 is 1.32. The molecule has 2 aliphatic rings. The molecule has 20 heavy (non-hydrogen) atoms. The van der Waals surface area contributed by atoms with Crippen LogP contribution in [0.3, 0.4) is 0 Å². The van der Waals surface area contributed by atoms with Crippen molar-refractivity contribution in [1.29, 1.82) is 0 Å².